The molecular weight excluding hydrogens is 320 g/mol. The second-order valence-electron chi connectivity index (χ2n) is 3.82. The van der Waals surface area contributed by atoms with E-state index in [1.54, 1.807) is 6.07 Å². The maximum absolute atomic E-state index is 12.4. The molecule has 2 heterocycles. The second-order valence-corrected chi connectivity index (χ2v) is 4.73. The number of hydrogen-bond donors (Lipinski definition) is 0. The van der Waals surface area contributed by atoms with Crippen molar-refractivity contribution < 1.29 is 13.3 Å². The van der Waals surface area contributed by atoms with Gasteiger partial charge >= 0.3 is 0 Å². The fraction of sp³-hybridized carbons (Fsp3) is 0.0833. The molecule has 0 unspecified atom stereocenters. The minimum absolute atomic E-state index is 0.363. The molecule has 19 heavy (non-hydrogen) atoms. The summed E-state index contributed by atoms with van der Waals surface area (Å²) >= 11 is 3.35. The number of nitrogens with zero attached hydrogens (tertiary/aromatic N) is 3. The standard InChI is InChI=1S/C12H6BrF2N3O/c13-6-1-4-10-7(5-6)11(18-19-10)8-2-3-9(12(14)15)17-16-8/h1-5,12H. The number of fused-ring (bicyclic) bond motifs is 1. The van der Waals surface area contributed by atoms with Crippen LogP contribution in [-0.2, 0) is 0 Å². The van der Waals surface area contributed by atoms with Crippen molar-refractivity contribution >= 4 is 26.9 Å². The molecule has 3 aromatic rings. The normalized spacial score (nSPS) is 11.4. The van der Waals surface area contributed by atoms with Crippen molar-refractivity contribution in [3.8, 4) is 11.4 Å². The Morgan fingerprint density at radius 3 is 2.63 bits per heavy atom. The minimum atomic E-state index is -2.63. The molecule has 0 saturated carbocycles. The number of aromatic nitrogens is 3. The lowest BCUT2D eigenvalue weighted by Gasteiger charge is -1.98. The fourth-order valence-electron chi connectivity index (χ4n) is 1.68. The molecule has 0 aliphatic rings. The summed E-state index contributed by atoms with van der Waals surface area (Å²) in [5.41, 5.74) is 1.10. The van der Waals surface area contributed by atoms with E-state index in [-0.39, 0.29) is 5.69 Å². The van der Waals surface area contributed by atoms with Crippen LogP contribution in [0, 0.1) is 0 Å². The number of benzene rings is 1. The van der Waals surface area contributed by atoms with Crippen molar-refractivity contribution in [2.75, 3.05) is 0 Å². The lowest BCUT2D eigenvalue weighted by molar-refractivity contribution is 0.145. The first kappa shape index (κ1) is 12.2. The van der Waals surface area contributed by atoms with Gasteiger partial charge in [-0.15, -0.1) is 10.2 Å². The summed E-state index contributed by atoms with van der Waals surface area (Å²) in [6, 6.07) is 8.09. The van der Waals surface area contributed by atoms with E-state index in [9.17, 15) is 8.78 Å². The van der Waals surface area contributed by atoms with Crippen LogP contribution >= 0.6 is 15.9 Å². The molecule has 0 spiro atoms. The Kier molecular flexibility index (Phi) is 2.98. The van der Waals surface area contributed by atoms with E-state index in [1.807, 2.05) is 12.1 Å². The van der Waals surface area contributed by atoms with Crippen LogP contribution in [0.2, 0.25) is 0 Å². The third kappa shape index (κ3) is 2.21. The molecule has 0 amide bonds. The topological polar surface area (TPSA) is 51.8 Å². The highest BCUT2D eigenvalue weighted by Crippen LogP contribution is 2.29. The van der Waals surface area contributed by atoms with Gasteiger partial charge in [-0.25, -0.2) is 8.78 Å². The van der Waals surface area contributed by atoms with Crippen LogP contribution in [0.3, 0.4) is 0 Å². The van der Waals surface area contributed by atoms with Crippen molar-refractivity contribution in [1.29, 1.82) is 0 Å². The molecule has 3 rings (SSSR count). The smallest absolute Gasteiger partial charge is 0.282 e. The van der Waals surface area contributed by atoms with Crippen LogP contribution in [-0.4, -0.2) is 15.4 Å². The number of alkyl halides is 2. The molecule has 96 valence electrons. The Morgan fingerprint density at radius 1 is 1.11 bits per heavy atom. The summed E-state index contributed by atoms with van der Waals surface area (Å²) in [5, 5.41) is 11.9. The zero-order valence-electron chi connectivity index (χ0n) is 9.35. The molecule has 2 aromatic heterocycles. The van der Waals surface area contributed by atoms with Crippen molar-refractivity contribution in [2.45, 2.75) is 6.43 Å². The molecule has 0 aliphatic carbocycles. The zero-order chi connectivity index (χ0) is 13.4. The maximum Gasteiger partial charge on any atom is 0.282 e. The molecule has 4 nitrogen and oxygen atoms in total. The van der Waals surface area contributed by atoms with Crippen LogP contribution in [0.25, 0.3) is 22.4 Å². The van der Waals surface area contributed by atoms with Crippen LogP contribution in [0.4, 0.5) is 8.78 Å². The van der Waals surface area contributed by atoms with Crippen LogP contribution in [0.1, 0.15) is 12.1 Å². The van der Waals surface area contributed by atoms with E-state index in [1.165, 1.54) is 12.1 Å². The fourth-order valence-corrected chi connectivity index (χ4v) is 2.04. The van der Waals surface area contributed by atoms with E-state index >= 15 is 0 Å². The lowest BCUT2D eigenvalue weighted by atomic mass is 10.1. The van der Waals surface area contributed by atoms with Gasteiger partial charge < -0.3 is 4.52 Å². The molecule has 0 saturated heterocycles. The van der Waals surface area contributed by atoms with Gasteiger partial charge in [-0.3, -0.25) is 0 Å². The summed E-state index contributed by atoms with van der Waals surface area (Å²) in [4.78, 5) is 0. The monoisotopic (exact) mass is 325 g/mol. The molecule has 0 aliphatic heterocycles. The van der Waals surface area contributed by atoms with Gasteiger partial charge in [0.1, 0.15) is 17.1 Å². The van der Waals surface area contributed by atoms with E-state index in [0.717, 1.165) is 9.86 Å². The van der Waals surface area contributed by atoms with E-state index in [4.69, 9.17) is 4.52 Å². The molecule has 0 radical (unpaired) electrons. The number of rotatable bonds is 2. The highest BCUT2D eigenvalue weighted by molar-refractivity contribution is 9.10. The summed E-state index contributed by atoms with van der Waals surface area (Å²) in [7, 11) is 0. The molecule has 0 bridgehead atoms. The SMILES string of the molecule is FC(F)c1ccc(-c2noc3ccc(Br)cc23)nn1. The Labute approximate surface area is 114 Å². The predicted octanol–water partition coefficient (Wildman–Crippen LogP) is 3.98. The maximum atomic E-state index is 12.4. The third-order valence-electron chi connectivity index (χ3n) is 2.58. The van der Waals surface area contributed by atoms with Crippen molar-refractivity contribution in [1.82, 2.24) is 15.4 Å². The molecule has 7 heteroatoms. The molecule has 0 N–H and O–H groups in total. The highest BCUT2D eigenvalue weighted by Gasteiger charge is 2.14. The van der Waals surface area contributed by atoms with Crippen molar-refractivity contribution in [3.63, 3.8) is 0 Å². The van der Waals surface area contributed by atoms with Gasteiger partial charge in [-0.05, 0) is 30.3 Å². The zero-order valence-corrected chi connectivity index (χ0v) is 10.9. The largest absolute Gasteiger partial charge is 0.356 e. The molecule has 1 aromatic carbocycles. The van der Waals surface area contributed by atoms with E-state index in [0.29, 0.717) is 17.0 Å². The van der Waals surface area contributed by atoms with Gasteiger partial charge in [0.05, 0.1) is 5.39 Å². The summed E-state index contributed by atoms with van der Waals surface area (Å²) < 4.78 is 30.8. The van der Waals surface area contributed by atoms with Gasteiger partial charge in [-0.2, -0.15) is 0 Å². The number of hydrogen-bond acceptors (Lipinski definition) is 4. The van der Waals surface area contributed by atoms with Gasteiger partial charge in [0, 0.05) is 4.47 Å². The van der Waals surface area contributed by atoms with Gasteiger partial charge in [-0.1, -0.05) is 21.1 Å². The highest BCUT2D eigenvalue weighted by atomic mass is 79.9. The first-order valence-corrected chi connectivity index (χ1v) is 6.11. The average molecular weight is 326 g/mol. The Morgan fingerprint density at radius 2 is 1.95 bits per heavy atom. The summed E-state index contributed by atoms with van der Waals surface area (Å²) in [6.07, 6.45) is -2.63. The Bertz CT molecular complexity index is 727. The van der Waals surface area contributed by atoms with Crippen molar-refractivity contribution in [3.05, 3.63) is 40.5 Å². The summed E-state index contributed by atoms with van der Waals surface area (Å²) in [6.45, 7) is 0. The quantitative estimate of drug-likeness (QED) is 0.715. The third-order valence-corrected chi connectivity index (χ3v) is 3.08. The van der Waals surface area contributed by atoms with Crippen LogP contribution in [0.15, 0.2) is 39.3 Å². The average Bonchev–Trinajstić information content (AvgIpc) is 2.81. The van der Waals surface area contributed by atoms with Crippen LogP contribution in [0.5, 0.6) is 0 Å². The van der Waals surface area contributed by atoms with E-state index < -0.39 is 6.43 Å². The molecule has 0 fully saturated rings. The summed E-state index contributed by atoms with van der Waals surface area (Å²) in [5.74, 6) is 0. The molecular formula is C12H6BrF2N3O. The van der Waals surface area contributed by atoms with Gasteiger partial charge in [0.15, 0.2) is 5.58 Å². The second kappa shape index (κ2) is 4.65. The first-order valence-electron chi connectivity index (χ1n) is 5.32. The Hall–Kier alpha value is -1.89. The Balaban J connectivity index is 2.11. The van der Waals surface area contributed by atoms with Crippen LogP contribution < -0.4 is 0 Å². The van der Waals surface area contributed by atoms with Gasteiger partial charge in [0.2, 0.25) is 0 Å². The first-order chi connectivity index (χ1) is 9.15. The van der Waals surface area contributed by atoms with Gasteiger partial charge in [0.25, 0.3) is 6.43 Å². The van der Waals surface area contributed by atoms with Crippen molar-refractivity contribution in [2.24, 2.45) is 0 Å². The predicted molar refractivity (Wildman–Crippen MR) is 67.7 cm³/mol. The number of halogens is 3. The van der Waals surface area contributed by atoms with E-state index in [2.05, 4.69) is 31.3 Å². The minimum Gasteiger partial charge on any atom is -0.356 e. The lowest BCUT2D eigenvalue weighted by Crippen LogP contribution is -1.94. The molecule has 0 atom stereocenters.